The Morgan fingerprint density at radius 2 is 2.11 bits per heavy atom. The summed E-state index contributed by atoms with van der Waals surface area (Å²) in [5.74, 6) is 0. The van der Waals surface area contributed by atoms with Gasteiger partial charge in [0.25, 0.3) is 0 Å². The molecule has 0 aliphatic rings. The van der Waals surface area contributed by atoms with Crippen LogP contribution in [0.25, 0.3) is 0 Å². The van der Waals surface area contributed by atoms with Crippen LogP contribution in [0.2, 0.25) is 0 Å². The smallest absolute Gasteiger partial charge is 0.301 e. The van der Waals surface area contributed by atoms with Crippen LogP contribution in [0.15, 0.2) is 22.7 Å². The zero-order chi connectivity index (χ0) is 13.8. The van der Waals surface area contributed by atoms with Gasteiger partial charge in [-0.05, 0) is 31.0 Å². The normalized spacial score (nSPS) is 11.8. The Hall–Kier alpha value is -0.630. The lowest BCUT2D eigenvalue weighted by Crippen LogP contribution is -2.33. The van der Waals surface area contributed by atoms with E-state index in [1.54, 1.807) is 6.07 Å². The fourth-order valence-electron chi connectivity index (χ4n) is 1.33. The standard InChI is InChI=1S/C11H17BrN2O3S/c1-9-4-5-10(12)8-11(9)13-18(16,17)14(2)6-3-7-15/h4-5,8,13,15H,3,6-7H2,1-2H3. The number of benzene rings is 1. The molecule has 2 N–H and O–H groups in total. The fourth-order valence-corrected chi connectivity index (χ4v) is 2.72. The highest BCUT2D eigenvalue weighted by atomic mass is 79.9. The van der Waals surface area contributed by atoms with E-state index in [0.717, 1.165) is 10.0 Å². The molecule has 18 heavy (non-hydrogen) atoms. The molecule has 0 radical (unpaired) electrons. The summed E-state index contributed by atoms with van der Waals surface area (Å²) < 4.78 is 28.5. The van der Waals surface area contributed by atoms with Crippen LogP contribution in [0.4, 0.5) is 5.69 Å². The van der Waals surface area contributed by atoms with Gasteiger partial charge < -0.3 is 5.11 Å². The van der Waals surface area contributed by atoms with E-state index >= 15 is 0 Å². The minimum Gasteiger partial charge on any atom is -0.396 e. The molecule has 5 nitrogen and oxygen atoms in total. The maximum absolute atomic E-state index is 12.0. The zero-order valence-corrected chi connectivity index (χ0v) is 12.8. The number of anilines is 1. The molecule has 0 saturated carbocycles. The molecular weight excluding hydrogens is 320 g/mol. The van der Waals surface area contributed by atoms with Gasteiger partial charge in [-0.15, -0.1) is 0 Å². The lowest BCUT2D eigenvalue weighted by Gasteiger charge is -2.19. The molecule has 0 aliphatic carbocycles. The highest BCUT2D eigenvalue weighted by Crippen LogP contribution is 2.22. The minimum atomic E-state index is -3.57. The summed E-state index contributed by atoms with van der Waals surface area (Å²) in [6.45, 7) is 2.08. The molecule has 0 heterocycles. The van der Waals surface area contributed by atoms with E-state index in [4.69, 9.17) is 5.11 Å². The van der Waals surface area contributed by atoms with E-state index in [0.29, 0.717) is 12.1 Å². The van der Waals surface area contributed by atoms with Gasteiger partial charge in [0.1, 0.15) is 0 Å². The lowest BCUT2D eigenvalue weighted by atomic mass is 10.2. The van der Waals surface area contributed by atoms with E-state index in [1.165, 1.54) is 11.4 Å². The number of nitrogens with one attached hydrogen (secondary N) is 1. The molecule has 0 saturated heterocycles. The monoisotopic (exact) mass is 336 g/mol. The summed E-state index contributed by atoms with van der Waals surface area (Å²) >= 11 is 3.30. The maximum Gasteiger partial charge on any atom is 0.301 e. The Labute approximate surface area is 116 Å². The first-order valence-corrected chi connectivity index (χ1v) is 7.71. The van der Waals surface area contributed by atoms with Crippen LogP contribution in [0.5, 0.6) is 0 Å². The number of rotatable bonds is 6. The maximum atomic E-state index is 12.0. The van der Waals surface area contributed by atoms with Crippen molar-refractivity contribution in [3.63, 3.8) is 0 Å². The molecule has 0 bridgehead atoms. The predicted octanol–water partition coefficient (Wildman–Crippen LogP) is 1.73. The van der Waals surface area contributed by atoms with Crippen LogP contribution in [-0.2, 0) is 10.2 Å². The number of hydrogen-bond acceptors (Lipinski definition) is 3. The van der Waals surface area contributed by atoms with E-state index in [-0.39, 0.29) is 13.2 Å². The van der Waals surface area contributed by atoms with Crippen molar-refractivity contribution in [1.29, 1.82) is 0 Å². The highest BCUT2D eigenvalue weighted by Gasteiger charge is 2.17. The van der Waals surface area contributed by atoms with Gasteiger partial charge in [0.15, 0.2) is 0 Å². The molecule has 0 spiro atoms. The van der Waals surface area contributed by atoms with Gasteiger partial charge in [-0.3, -0.25) is 4.72 Å². The third-order valence-corrected chi connectivity index (χ3v) is 4.45. The summed E-state index contributed by atoms with van der Waals surface area (Å²) in [5, 5.41) is 8.70. The third-order valence-electron chi connectivity index (χ3n) is 2.48. The van der Waals surface area contributed by atoms with E-state index < -0.39 is 10.2 Å². The summed E-state index contributed by atoms with van der Waals surface area (Å²) in [6, 6.07) is 5.39. The summed E-state index contributed by atoms with van der Waals surface area (Å²) in [7, 11) is -2.10. The Balaban J connectivity index is 2.85. The van der Waals surface area contributed by atoms with Crippen molar-refractivity contribution >= 4 is 31.8 Å². The molecule has 1 rings (SSSR count). The van der Waals surface area contributed by atoms with Crippen LogP contribution < -0.4 is 4.72 Å². The van der Waals surface area contributed by atoms with Gasteiger partial charge in [0.05, 0.1) is 5.69 Å². The van der Waals surface area contributed by atoms with Crippen LogP contribution in [-0.4, -0.2) is 38.0 Å². The van der Waals surface area contributed by atoms with Crippen molar-refractivity contribution in [3.05, 3.63) is 28.2 Å². The van der Waals surface area contributed by atoms with E-state index in [1.807, 2.05) is 19.1 Å². The molecule has 0 amide bonds. The molecule has 1 aromatic rings. The Bertz CT molecular complexity index is 505. The number of nitrogens with zero attached hydrogens (tertiary/aromatic N) is 1. The number of aliphatic hydroxyl groups excluding tert-OH is 1. The number of aryl methyl sites for hydroxylation is 1. The van der Waals surface area contributed by atoms with Crippen molar-refractivity contribution in [3.8, 4) is 0 Å². The predicted molar refractivity (Wildman–Crippen MR) is 75.8 cm³/mol. The van der Waals surface area contributed by atoms with Crippen LogP contribution >= 0.6 is 15.9 Å². The molecule has 0 unspecified atom stereocenters. The molecule has 0 aliphatic heterocycles. The average molecular weight is 337 g/mol. The molecular formula is C11H17BrN2O3S. The first-order valence-electron chi connectivity index (χ1n) is 5.48. The topological polar surface area (TPSA) is 69.6 Å². The lowest BCUT2D eigenvalue weighted by molar-refractivity contribution is 0.276. The summed E-state index contributed by atoms with van der Waals surface area (Å²) in [4.78, 5) is 0. The van der Waals surface area contributed by atoms with Gasteiger partial charge in [0.2, 0.25) is 0 Å². The Morgan fingerprint density at radius 1 is 1.44 bits per heavy atom. The van der Waals surface area contributed by atoms with Crippen molar-refractivity contribution < 1.29 is 13.5 Å². The fraction of sp³-hybridized carbons (Fsp3) is 0.455. The Kier molecular flexibility index (Phi) is 5.58. The Morgan fingerprint density at radius 3 is 2.72 bits per heavy atom. The minimum absolute atomic E-state index is 0.0320. The molecule has 7 heteroatoms. The molecule has 0 fully saturated rings. The zero-order valence-electron chi connectivity index (χ0n) is 10.4. The second kappa shape index (κ2) is 6.51. The van der Waals surface area contributed by atoms with Crippen LogP contribution in [0.3, 0.4) is 0 Å². The van der Waals surface area contributed by atoms with E-state index in [9.17, 15) is 8.42 Å². The average Bonchev–Trinajstić information content (AvgIpc) is 2.30. The summed E-state index contributed by atoms with van der Waals surface area (Å²) in [6.07, 6.45) is 0.412. The van der Waals surface area contributed by atoms with Crippen molar-refractivity contribution in [2.75, 3.05) is 24.9 Å². The van der Waals surface area contributed by atoms with Crippen LogP contribution in [0.1, 0.15) is 12.0 Å². The van der Waals surface area contributed by atoms with Gasteiger partial charge in [0, 0.05) is 24.7 Å². The SMILES string of the molecule is Cc1ccc(Br)cc1NS(=O)(=O)N(C)CCCO. The largest absolute Gasteiger partial charge is 0.396 e. The van der Waals surface area contributed by atoms with Crippen molar-refractivity contribution in [2.24, 2.45) is 0 Å². The van der Waals surface area contributed by atoms with E-state index in [2.05, 4.69) is 20.7 Å². The number of halogens is 1. The second-order valence-corrected chi connectivity index (χ2v) is 6.66. The first-order chi connectivity index (χ1) is 8.36. The van der Waals surface area contributed by atoms with Gasteiger partial charge in [-0.1, -0.05) is 22.0 Å². The molecule has 0 atom stereocenters. The summed E-state index contributed by atoms with van der Waals surface area (Å²) in [5.41, 5.74) is 1.39. The van der Waals surface area contributed by atoms with Crippen LogP contribution in [0, 0.1) is 6.92 Å². The second-order valence-electron chi connectivity index (χ2n) is 3.97. The molecule has 102 valence electrons. The first kappa shape index (κ1) is 15.4. The molecule has 1 aromatic carbocycles. The number of aliphatic hydroxyl groups is 1. The van der Waals surface area contributed by atoms with Crippen molar-refractivity contribution in [2.45, 2.75) is 13.3 Å². The third kappa shape index (κ3) is 4.24. The quantitative estimate of drug-likeness (QED) is 0.831. The van der Waals surface area contributed by atoms with Crippen molar-refractivity contribution in [1.82, 2.24) is 4.31 Å². The molecule has 0 aromatic heterocycles. The highest BCUT2D eigenvalue weighted by molar-refractivity contribution is 9.10. The van der Waals surface area contributed by atoms with Gasteiger partial charge in [-0.25, -0.2) is 0 Å². The van der Waals surface area contributed by atoms with Gasteiger partial charge in [-0.2, -0.15) is 12.7 Å². The van der Waals surface area contributed by atoms with Gasteiger partial charge >= 0.3 is 10.2 Å². The number of hydrogen-bond donors (Lipinski definition) is 2.